The van der Waals surface area contributed by atoms with Crippen molar-refractivity contribution in [2.24, 2.45) is 0 Å². The monoisotopic (exact) mass is 166 g/mol. The van der Waals surface area contributed by atoms with Crippen LogP contribution in [0.4, 0.5) is 0 Å². The predicted molar refractivity (Wildman–Crippen MR) is 44.4 cm³/mol. The minimum Gasteiger partial charge on any atom is -0.400 e. The van der Waals surface area contributed by atoms with E-state index in [0.29, 0.717) is 5.54 Å². The summed E-state index contributed by atoms with van der Waals surface area (Å²) in [4.78, 5) is 0. The van der Waals surface area contributed by atoms with Gasteiger partial charge in [0.05, 0.1) is 0 Å². The second-order valence-electron chi connectivity index (χ2n) is 2.00. The van der Waals surface area contributed by atoms with Gasteiger partial charge in [-0.25, -0.2) is 0 Å². The van der Waals surface area contributed by atoms with Gasteiger partial charge in [0.2, 0.25) is 0 Å². The van der Waals surface area contributed by atoms with Gasteiger partial charge in [-0.05, 0) is 5.75 Å². The van der Waals surface area contributed by atoms with Gasteiger partial charge < -0.3 is 8.85 Å². The molecule has 1 atom stereocenters. The standard InChI is InChI=1S/C5H14O2SSi/c1-5(4-8)9(6-2)7-3/h5,8-9H,4H2,1-3H3. The van der Waals surface area contributed by atoms with Gasteiger partial charge >= 0.3 is 9.28 Å². The highest BCUT2D eigenvalue weighted by Crippen LogP contribution is 2.10. The molecule has 0 aliphatic rings. The molecule has 0 aromatic rings. The molecule has 0 amide bonds. The SMILES string of the molecule is CO[SiH](OC)C(C)CS. The Hall–Kier alpha value is 0.487. The highest BCUT2D eigenvalue weighted by molar-refractivity contribution is 7.80. The molecular weight excluding hydrogens is 152 g/mol. The molecule has 0 saturated heterocycles. The van der Waals surface area contributed by atoms with Crippen LogP contribution < -0.4 is 0 Å². The van der Waals surface area contributed by atoms with Crippen molar-refractivity contribution in [3.63, 3.8) is 0 Å². The third-order valence-corrected chi connectivity index (χ3v) is 4.28. The van der Waals surface area contributed by atoms with Crippen LogP contribution in [0.5, 0.6) is 0 Å². The van der Waals surface area contributed by atoms with Crippen LogP contribution in [0, 0.1) is 0 Å². The fourth-order valence-electron chi connectivity index (χ4n) is 0.647. The molecule has 0 bridgehead atoms. The van der Waals surface area contributed by atoms with Crippen LogP contribution in [0.15, 0.2) is 0 Å². The van der Waals surface area contributed by atoms with E-state index in [1.54, 1.807) is 14.2 Å². The van der Waals surface area contributed by atoms with Crippen LogP contribution in [-0.4, -0.2) is 29.3 Å². The molecule has 0 aromatic heterocycles. The molecule has 56 valence electrons. The molecule has 0 aliphatic heterocycles. The van der Waals surface area contributed by atoms with Gasteiger partial charge in [0, 0.05) is 19.8 Å². The van der Waals surface area contributed by atoms with Gasteiger partial charge in [-0.3, -0.25) is 0 Å². The first-order valence-electron chi connectivity index (χ1n) is 2.92. The van der Waals surface area contributed by atoms with Crippen LogP contribution in [0.1, 0.15) is 6.92 Å². The van der Waals surface area contributed by atoms with Crippen molar-refractivity contribution < 1.29 is 8.85 Å². The molecule has 0 fully saturated rings. The molecule has 0 saturated carbocycles. The zero-order valence-electron chi connectivity index (χ0n) is 6.13. The fourth-order valence-corrected chi connectivity index (χ4v) is 2.46. The average Bonchev–Trinajstić information content (AvgIpc) is 1.90. The van der Waals surface area contributed by atoms with Crippen LogP contribution in [0.25, 0.3) is 0 Å². The summed E-state index contributed by atoms with van der Waals surface area (Å²) in [7, 11) is 2.03. The van der Waals surface area contributed by atoms with Gasteiger partial charge in [0.1, 0.15) is 0 Å². The maximum atomic E-state index is 5.12. The first-order chi connectivity index (χ1) is 4.26. The highest BCUT2D eigenvalue weighted by atomic mass is 32.1. The Kier molecular flexibility index (Phi) is 5.57. The highest BCUT2D eigenvalue weighted by Gasteiger charge is 2.17. The summed E-state index contributed by atoms with van der Waals surface area (Å²) in [5.41, 5.74) is 0.489. The minimum atomic E-state index is -1.36. The Morgan fingerprint density at radius 1 is 1.44 bits per heavy atom. The minimum absolute atomic E-state index is 0.489. The lowest BCUT2D eigenvalue weighted by atomic mass is 10.6. The van der Waals surface area contributed by atoms with E-state index in [1.807, 2.05) is 0 Å². The molecule has 0 aliphatic carbocycles. The third-order valence-electron chi connectivity index (χ3n) is 1.22. The lowest BCUT2D eigenvalue weighted by Gasteiger charge is -2.15. The van der Waals surface area contributed by atoms with Crippen LogP contribution in [-0.2, 0) is 8.85 Å². The summed E-state index contributed by atoms with van der Waals surface area (Å²) in [6.45, 7) is 2.09. The van der Waals surface area contributed by atoms with Crippen molar-refractivity contribution >= 4 is 21.9 Å². The zero-order chi connectivity index (χ0) is 7.28. The Labute approximate surface area is 63.8 Å². The van der Waals surface area contributed by atoms with E-state index in [4.69, 9.17) is 8.85 Å². The number of hydrogen-bond acceptors (Lipinski definition) is 3. The first-order valence-corrected chi connectivity index (χ1v) is 5.16. The number of hydrogen-bond donors (Lipinski definition) is 1. The van der Waals surface area contributed by atoms with Crippen LogP contribution in [0.2, 0.25) is 5.54 Å². The van der Waals surface area contributed by atoms with E-state index in [-0.39, 0.29) is 0 Å². The Balaban J connectivity index is 3.50. The summed E-state index contributed by atoms with van der Waals surface area (Å²) < 4.78 is 10.2. The summed E-state index contributed by atoms with van der Waals surface area (Å²) in [6.07, 6.45) is 0. The van der Waals surface area contributed by atoms with Gasteiger partial charge in [-0.15, -0.1) is 0 Å². The van der Waals surface area contributed by atoms with Crippen molar-refractivity contribution in [3.05, 3.63) is 0 Å². The molecule has 9 heavy (non-hydrogen) atoms. The van der Waals surface area contributed by atoms with Gasteiger partial charge in [0.25, 0.3) is 0 Å². The fraction of sp³-hybridized carbons (Fsp3) is 1.00. The zero-order valence-corrected chi connectivity index (χ0v) is 8.17. The molecule has 0 heterocycles. The van der Waals surface area contributed by atoms with E-state index < -0.39 is 9.28 Å². The number of thiol groups is 1. The van der Waals surface area contributed by atoms with Crippen LogP contribution in [0.3, 0.4) is 0 Å². The van der Waals surface area contributed by atoms with E-state index in [9.17, 15) is 0 Å². The molecule has 0 rings (SSSR count). The summed E-state index contributed by atoms with van der Waals surface area (Å²) in [5.74, 6) is 0.846. The topological polar surface area (TPSA) is 18.5 Å². The maximum Gasteiger partial charge on any atom is 0.324 e. The van der Waals surface area contributed by atoms with Gasteiger partial charge in [0.15, 0.2) is 0 Å². The predicted octanol–water partition coefficient (Wildman–Crippen LogP) is 0.820. The lowest BCUT2D eigenvalue weighted by Crippen LogP contribution is -2.25. The van der Waals surface area contributed by atoms with Gasteiger partial charge in [-0.2, -0.15) is 12.6 Å². The molecule has 0 aromatic carbocycles. The molecule has 0 spiro atoms. The molecule has 0 N–H and O–H groups in total. The molecule has 4 heteroatoms. The van der Waals surface area contributed by atoms with E-state index >= 15 is 0 Å². The van der Waals surface area contributed by atoms with Crippen LogP contribution >= 0.6 is 12.6 Å². The summed E-state index contributed by atoms with van der Waals surface area (Å²) in [6, 6.07) is 0. The maximum absolute atomic E-state index is 5.12. The molecular formula is C5H14O2SSi. The summed E-state index contributed by atoms with van der Waals surface area (Å²) in [5, 5.41) is 0. The van der Waals surface area contributed by atoms with Crippen molar-refractivity contribution in [1.29, 1.82) is 0 Å². The molecule has 1 unspecified atom stereocenters. The third kappa shape index (κ3) is 3.25. The van der Waals surface area contributed by atoms with Crippen molar-refractivity contribution in [2.75, 3.05) is 20.0 Å². The lowest BCUT2D eigenvalue weighted by molar-refractivity contribution is 0.270. The van der Waals surface area contributed by atoms with Crippen molar-refractivity contribution in [1.82, 2.24) is 0 Å². The molecule has 0 radical (unpaired) electrons. The second-order valence-corrected chi connectivity index (χ2v) is 5.18. The Bertz CT molecular complexity index is 68.0. The van der Waals surface area contributed by atoms with E-state index in [2.05, 4.69) is 19.6 Å². The summed E-state index contributed by atoms with van der Waals surface area (Å²) >= 11 is 4.14. The average molecular weight is 166 g/mol. The van der Waals surface area contributed by atoms with Gasteiger partial charge in [-0.1, -0.05) is 6.92 Å². The smallest absolute Gasteiger partial charge is 0.324 e. The van der Waals surface area contributed by atoms with E-state index in [0.717, 1.165) is 5.75 Å². The Morgan fingerprint density at radius 3 is 2.00 bits per heavy atom. The quantitative estimate of drug-likeness (QED) is 0.492. The first kappa shape index (κ1) is 9.49. The normalized spacial score (nSPS) is 14.3. The molecule has 2 nitrogen and oxygen atoms in total. The number of rotatable bonds is 4. The second kappa shape index (κ2) is 5.29. The van der Waals surface area contributed by atoms with E-state index in [1.165, 1.54) is 0 Å². The Morgan fingerprint density at radius 2 is 1.89 bits per heavy atom. The largest absolute Gasteiger partial charge is 0.400 e. The van der Waals surface area contributed by atoms with Crippen molar-refractivity contribution in [3.8, 4) is 0 Å². The van der Waals surface area contributed by atoms with Crippen molar-refractivity contribution in [2.45, 2.75) is 12.5 Å².